The van der Waals surface area contributed by atoms with E-state index in [2.05, 4.69) is 16.0 Å². The third-order valence-corrected chi connectivity index (χ3v) is 4.91. The highest BCUT2D eigenvalue weighted by Gasteiger charge is 2.35. The van der Waals surface area contributed by atoms with Gasteiger partial charge in [-0.05, 0) is 31.7 Å². The van der Waals surface area contributed by atoms with E-state index in [1.165, 1.54) is 6.08 Å². The fraction of sp³-hybridized carbons (Fsp3) is 0.722. The van der Waals surface area contributed by atoms with Crippen LogP contribution in [0, 0.1) is 5.92 Å². The summed E-state index contributed by atoms with van der Waals surface area (Å²) in [5.74, 6) is -1.30. The molecule has 27 heavy (non-hydrogen) atoms. The van der Waals surface area contributed by atoms with Crippen LogP contribution in [-0.4, -0.2) is 64.8 Å². The zero-order valence-corrected chi connectivity index (χ0v) is 15.8. The second-order valence-electron chi connectivity index (χ2n) is 7.70. The molecular formula is C18H30N4O5. The van der Waals surface area contributed by atoms with Gasteiger partial charge in [-0.1, -0.05) is 19.9 Å². The number of aliphatic hydroxyl groups excluding tert-OH is 2. The zero-order valence-electron chi connectivity index (χ0n) is 15.8. The fourth-order valence-electron chi connectivity index (χ4n) is 3.41. The van der Waals surface area contributed by atoms with Crippen LogP contribution in [0.25, 0.3) is 0 Å². The molecule has 9 nitrogen and oxygen atoms in total. The lowest BCUT2D eigenvalue weighted by molar-refractivity contribution is -0.126. The number of hydrogen-bond donors (Lipinski definition) is 6. The van der Waals surface area contributed by atoms with Crippen molar-refractivity contribution >= 4 is 17.7 Å². The molecule has 5 unspecified atom stereocenters. The molecule has 1 fully saturated rings. The van der Waals surface area contributed by atoms with Crippen molar-refractivity contribution in [1.29, 1.82) is 0 Å². The van der Waals surface area contributed by atoms with Crippen LogP contribution in [0.3, 0.4) is 0 Å². The van der Waals surface area contributed by atoms with Crippen molar-refractivity contribution in [1.82, 2.24) is 16.0 Å². The van der Waals surface area contributed by atoms with Crippen molar-refractivity contribution < 1.29 is 24.6 Å². The molecule has 1 aliphatic heterocycles. The van der Waals surface area contributed by atoms with Crippen molar-refractivity contribution in [3.05, 3.63) is 11.6 Å². The van der Waals surface area contributed by atoms with E-state index >= 15 is 0 Å². The molecule has 2 rings (SSSR count). The molecule has 0 saturated carbocycles. The maximum atomic E-state index is 12.5. The summed E-state index contributed by atoms with van der Waals surface area (Å²) in [5, 5.41) is 28.6. The molecule has 1 aliphatic carbocycles. The number of nitrogens with two attached hydrogens (primary N) is 1. The normalized spacial score (nSPS) is 29.1. The highest BCUT2D eigenvalue weighted by atomic mass is 16.3. The molecule has 0 spiro atoms. The van der Waals surface area contributed by atoms with Gasteiger partial charge in [-0.2, -0.15) is 0 Å². The predicted molar refractivity (Wildman–Crippen MR) is 98.2 cm³/mol. The van der Waals surface area contributed by atoms with E-state index < -0.39 is 36.1 Å². The standard InChI is InChI=1S/C18H30N4O5/c1-9(2)6-13(16(19)25)22-17(26)10-7-12(15(24)14(23)8-10)21-18(27)11-4-3-5-20-11/h7,9,11-15,20,23-24H,3-6,8H2,1-2H3,(H2,19,25)(H,21,27)(H,22,26). The Balaban J connectivity index is 2.08. The number of aliphatic hydroxyl groups is 2. The Hall–Kier alpha value is -1.97. The van der Waals surface area contributed by atoms with Gasteiger partial charge in [-0.3, -0.25) is 14.4 Å². The zero-order chi connectivity index (χ0) is 20.1. The molecule has 0 aromatic carbocycles. The van der Waals surface area contributed by atoms with Crippen molar-refractivity contribution in [2.75, 3.05) is 6.54 Å². The number of hydrogen-bond acceptors (Lipinski definition) is 6. The van der Waals surface area contributed by atoms with Gasteiger partial charge in [0.2, 0.25) is 17.7 Å². The quantitative estimate of drug-likeness (QED) is 0.308. The molecule has 152 valence electrons. The average molecular weight is 382 g/mol. The first-order valence-electron chi connectivity index (χ1n) is 9.39. The summed E-state index contributed by atoms with van der Waals surface area (Å²) in [6.45, 7) is 4.57. The third-order valence-electron chi connectivity index (χ3n) is 4.91. The Kier molecular flexibility index (Phi) is 7.34. The molecule has 0 bridgehead atoms. The molecule has 5 atom stereocenters. The van der Waals surface area contributed by atoms with E-state index in [9.17, 15) is 24.6 Å². The van der Waals surface area contributed by atoms with Gasteiger partial charge in [0.25, 0.3) is 0 Å². The Bertz CT molecular complexity index is 601. The van der Waals surface area contributed by atoms with Crippen LogP contribution < -0.4 is 21.7 Å². The molecule has 9 heteroatoms. The molecule has 0 radical (unpaired) electrons. The molecule has 3 amide bonds. The summed E-state index contributed by atoms with van der Waals surface area (Å²) in [6.07, 6.45) is 0.934. The van der Waals surface area contributed by atoms with Crippen LogP contribution in [0.15, 0.2) is 11.6 Å². The van der Waals surface area contributed by atoms with E-state index in [1.54, 1.807) is 0 Å². The van der Waals surface area contributed by atoms with E-state index in [-0.39, 0.29) is 29.9 Å². The van der Waals surface area contributed by atoms with Gasteiger partial charge >= 0.3 is 0 Å². The van der Waals surface area contributed by atoms with Gasteiger partial charge < -0.3 is 31.9 Å². The predicted octanol–water partition coefficient (Wildman–Crippen LogP) is -1.71. The smallest absolute Gasteiger partial charge is 0.247 e. The first-order valence-corrected chi connectivity index (χ1v) is 9.39. The second kappa shape index (κ2) is 9.29. The minimum absolute atomic E-state index is 0.0752. The van der Waals surface area contributed by atoms with E-state index in [0.717, 1.165) is 13.0 Å². The van der Waals surface area contributed by atoms with Crippen LogP contribution in [-0.2, 0) is 14.4 Å². The maximum absolute atomic E-state index is 12.5. The van der Waals surface area contributed by atoms with Crippen LogP contribution in [0.2, 0.25) is 0 Å². The SMILES string of the molecule is CC(C)CC(NC(=O)C1=CC(NC(=O)C2CCCN2)C(O)C(O)C1)C(N)=O. The number of carbonyl (C=O) groups is 3. The first kappa shape index (κ1) is 21.3. The topological polar surface area (TPSA) is 154 Å². The fourth-order valence-corrected chi connectivity index (χ4v) is 3.41. The number of rotatable bonds is 7. The number of primary amides is 1. The lowest BCUT2D eigenvalue weighted by Crippen LogP contribution is -2.54. The highest BCUT2D eigenvalue weighted by molar-refractivity contribution is 5.97. The monoisotopic (exact) mass is 382 g/mol. The Labute approximate surface area is 158 Å². The highest BCUT2D eigenvalue weighted by Crippen LogP contribution is 2.21. The van der Waals surface area contributed by atoms with E-state index in [4.69, 9.17) is 5.73 Å². The van der Waals surface area contributed by atoms with Crippen molar-refractivity contribution in [2.24, 2.45) is 11.7 Å². The summed E-state index contributed by atoms with van der Waals surface area (Å²) in [5.41, 5.74) is 5.55. The molecular weight excluding hydrogens is 352 g/mol. The average Bonchev–Trinajstić information content (AvgIpc) is 3.12. The van der Waals surface area contributed by atoms with Gasteiger partial charge in [-0.25, -0.2) is 0 Å². The van der Waals surface area contributed by atoms with Gasteiger partial charge in [0, 0.05) is 12.0 Å². The lowest BCUT2D eigenvalue weighted by atomic mass is 9.89. The van der Waals surface area contributed by atoms with Gasteiger partial charge in [0.15, 0.2) is 0 Å². The summed E-state index contributed by atoms with van der Waals surface area (Å²) >= 11 is 0. The van der Waals surface area contributed by atoms with Crippen molar-refractivity contribution in [3.63, 3.8) is 0 Å². The minimum Gasteiger partial charge on any atom is -0.390 e. The van der Waals surface area contributed by atoms with Crippen LogP contribution in [0.5, 0.6) is 0 Å². The number of amides is 3. The van der Waals surface area contributed by atoms with Crippen molar-refractivity contribution in [2.45, 2.75) is 69.9 Å². The minimum atomic E-state index is -1.21. The molecule has 2 aliphatic rings. The lowest BCUT2D eigenvalue weighted by Gasteiger charge is -2.32. The van der Waals surface area contributed by atoms with Crippen LogP contribution in [0.1, 0.15) is 39.5 Å². The van der Waals surface area contributed by atoms with Crippen molar-refractivity contribution in [3.8, 4) is 0 Å². The summed E-state index contributed by atoms with van der Waals surface area (Å²) in [4.78, 5) is 36.4. The molecule has 0 aromatic rings. The second-order valence-corrected chi connectivity index (χ2v) is 7.70. The van der Waals surface area contributed by atoms with Crippen LogP contribution >= 0.6 is 0 Å². The maximum Gasteiger partial charge on any atom is 0.247 e. The Morgan fingerprint density at radius 1 is 1.33 bits per heavy atom. The first-order chi connectivity index (χ1) is 12.7. The number of nitrogens with one attached hydrogen (secondary N) is 3. The Morgan fingerprint density at radius 2 is 2.04 bits per heavy atom. The summed E-state index contributed by atoms with van der Waals surface area (Å²) in [7, 11) is 0. The van der Waals surface area contributed by atoms with Gasteiger partial charge in [0.05, 0.1) is 18.2 Å². The molecule has 1 heterocycles. The van der Waals surface area contributed by atoms with E-state index in [1.807, 2.05) is 13.8 Å². The molecule has 7 N–H and O–H groups in total. The Morgan fingerprint density at radius 3 is 2.59 bits per heavy atom. The summed E-state index contributed by atoms with van der Waals surface area (Å²) < 4.78 is 0. The molecule has 1 saturated heterocycles. The third kappa shape index (κ3) is 5.75. The van der Waals surface area contributed by atoms with E-state index in [0.29, 0.717) is 12.8 Å². The number of carbonyl (C=O) groups excluding carboxylic acids is 3. The van der Waals surface area contributed by atoms with Gasteiger partial charge in [-0.15, -0.1) is 0 Å². The van der Waals surface area contributed by atoms with Crippen LogP contribution in [0.4, 0.5) is 0 Å². The largest absolute Gasteiger partial charge is 0.390 e. The molecule has 0 aromatic heterocycles. The summed E-state index contributed by atoms with van der Waals surface area (Å²) in [6, 6.07) is -2.05. The van der Waals surface area contributed by atoms with Gasteiger partial charge in [0.1, 0.15) is 12.1 Å².